The van der Waals surface area contributed by atoms with Crippen molar-refractivity contribution < 1.29 is 17.9 Å². The summed E-state index contributed by atoms with van der Waals surface area (Å²) in [6, 6.07) is 1.48. The monoisotopic (exact) mass is 222 g/mol. The molecule has 0 atom stereocenters. The quantitative estimate of drug-likeness (QED) is 0.583. The van der Waals surface area contributed by atoms with Crippen molar-refractivity contribution in [1.82, 2.24) is 9.97 Å². The molecule has 3 N–H and O–H groups in total. The van der Waals surface area contributed by atoms with Gasteiger partial charge in [0.2, 0.25) is 0 Å². The number of nitrogen functional groups attached to an aromatic ring is 1. The van der Waals surface area contributed by atoms with Crippen molar-refractivity contribution in [3.05, 3.63) is 18.1 Å². The van der Waals surface area contributed by atoms with E-state index in [2.05, 4.69) is 20.1 Å². The molecule has 0 aliphatic rings. The molecule has 15 heavy (non-hydrogen) atoms. The fourth-order valence-corrected chi connectivity index (χ4v) is 0.807. The summed E-state index contributed by atoms with van der Waals surface area (Å²) in [6.07, 6.45) is -2.97. The van der Waals surface area contributed by atoms with Crippen molar-refractivity contribution in [2.24, 2.45) is 5.84 Å². The molecule has 1 aromatic rings. The molecular weight excluding hydrogens is 213 g/mol. The first-order valence-corrected chi connectivity index (χ1v) is 3.94. The SMILES string of the molecule is NNc1ccnc(COCC(F)(F)F)n1. The molecule has 0 radical (unpaired) electrons. The van der Waals surface area contributed by atoms with Gasteiger partial charge in [0.15, 0.2) is 5.82 Å². The van der Waals surface area contributed by atoms with E-state index in [4.69, 9.17) is 5.84 Å². The van der Waals surface area contributed by atoms with Crippen LogP contribution in [0.2, 0.25) is 0 Å². The highest BCUT2D eigenvalue weighted by Gasteiger charge is 2.27. The summed E-state index contributed by atoms with van der Waals surface area (Å²) < 4.78 is 39.5. The Labute approximate surface area is 83.4 Å². The lowest BCUT2D eigenvalue weighted by Crippen LogP contribution is -2.17. The molecule has 8 heteroatoms. The maximum atomic E-state index is 11.7. The lowest BCUT2D eigenvalue weighted by molar-refractivity contribution is -0.177. The summed E-state index contributed by atoms with van der Waals surface area (Å²) in [7, 11) is 0. The third-order valence-corrected chi connectivity index (χ3v) is 1.35. The number of nitrogens with zero attached hydrogens (tertiary/aromatic N) is 2. The smallest absolute Gasteiger partial charge is 0.364 e. The number of rotatable bonds is 4. The van der Waals surface area contributed by atoms with Gasteiger partial charge in [-0.1, -0.05) is 0 Å². The standard InChI is InChI=1S/C7H9F3N4O/c8-7(9,10)4-15-3-6-12-2-1-5(13-6)14-11/h1-2H,3-4,11H2,(H,12,13,14). The molecule has 1 rings (SSSR count). The molecule has 0 aliphatic carbocycles. The van der Waals surface area contributed by atoms with E-state index in [1.54, 1.807) is 0 Å². The number of hydrazine groups is 1. The molecule has 0 bridgehead atoms. The van der Waals surface area contributed by atoms with Gasteiger partial charge in [-0.3, -0.25) is 0 Å². The fraction of sp³-hybridized carbons (Fsp3) is 0.429. The molecule has 0 aromatic carbocycles. The minimum Gasteiger partial charge on any atom is -0.364 e. The Kier molecular flexibility index (Phi) is 3.81. The zero-order chi connectivity index (χ0) is 11.3. The molecule has 0 saturated carbocycles. The van der Waals surface area contributed by atoms with E-state index in [-0.39, 0.29) is 12.4 Å². The predicted molar refractivity (Wildman–Crippen MR) is 45.6 cm³/mol. The average Bonchev–Trinajstić information content (AvgIpc) is 2.16. The molecule has 5 nitrogen and oxygen atoms in total. The number of nitrogens with two attached hydrogens (primary N) is 1. The Hall–Kier alpha value is -1.41. The van der Waals surface area contributed by atoms with E-state index < -0.39 is 12.8 Å². The van der Waals surface area contributed by atoms with Gasteiger partial charge < -0.3 is 10.2 Å². The molecule has 1 aromatic heterocycles. The number of halogens is 3. The predicted octanol–water partition coefficient (Wildman–Crippen LogP) is 0.841. The Bertz CT molecular complexity index is 317. The van der Waals surface area contributed by atoms with Gasteiger partial charge in [-0.2, -0.15) is 13.2 Å². The molecular formula is C7H9F3N4O. The third kappa shape index (κ3) is 4.56. The number of nitrogens with one attached hydrogen (secondary N) is 1. The third-order valence-electron chi connectivity index (χ3n) is 1.35. The lowest BCUT2D eigenvalue weighted by atomic mass is 10.5. The van der Waals surface area contributed by atoms with Crippen molar-refractivity contribution in [3.8, 4) is 0 Å². The van der Waals surface area contributed by atoms with Crippen molar-refractivity contribution in [1.29, 1.82) is 0 Å². The number of alkyl halides is 3. The fourth-order valence-electron chi connectivity index (χ4n) is 0.807. The number of anilines is 1. The van der Waals surface area contributed by atoms with Crippen LogP contribution in [0.15, 0.2) is 12.3 Å². The van der Waals surface area contributed by atoms with Gasteiger partial charge >= 0.3 is 6.18 Å². The van der Waals surface area contributed by atoms with E-state index in [1.807, 2.05) is 0 Å². The highest BCUT2D eigenvalue weighted by atomic mass is 19.4. The first-order valence-electron chi connectivity index (χ1n) is 3.94. The van der Waals surface area contributed by atoms with Crippen LogP contribution < -0.4 is 11.3 Å². The van der Waals surface area contributed by atoms with Gasteiger partial charge in [-0.15, -0.1) is 0 Å². The highest BCUT2D eigenvalue weighted by Crippen LogP contribution is 2.15. The van der Waals surface area contributed by atoms with Crippen molar-refractivity contribution >= 4 is 5.82 Å². The second-order valence-corrected chi connectivity index (χ2v) is 2.61. The molecule has 1 heterocycles. The topological polar surface area (TPSA) is 73.1 Å². The van der Waals surface area contributed by atoms with Crippen LogP contribution in [0.3, 0.4) is 0 Å². The van der Waals surface area contributed by atoms with Crippen LogP contribution in [0.1, 0.15) is 5.82 Å². The number of hydrogen-bond donors (Lipinski definition) is 2. The lowest BCUT2D eigenvalue weighted by Gasteiger charge is -2.07. The van der Waals surface area contributed by atoms with E-state index in [9.17, 15) is 13.2 Å². The second kappa shape index (κ2) is 4.89. The largest absolute Gasteiger partial charge is 0.411 e. The van der Waals surface area contributed by atoms with Crippen LogP contribution in [0, 0.1) is 0 Å². The number of hydrogen-bond acceptors (Lipinski definition) is 5. The van der Waals surface area contributed by atoms with Crippen LogP contribution in [-0.2, 0) is 11.3 Å². The first kappa shape index (κ1) is 11.7. The van der Waals surface area contributed by atoms with Gasteiger partial charge in [0.05, 0.1) is 0 Å². The van der Waals surface area contributed by atoms with Crippen LogP contribution >= 0.6 is 0 Å². The summed E-state index contributed by atoms with van der Waals surface area (Å²) in [6.45, 7) is -1.63. The Morgan fingerprint density at radius 2 is 2.20 bits per heavy atom. The summed E-state index contributed by atoms with van der Waals surface area (Å²) in [5.41, 5.74) is 2.25. The van der Waals surface area contributed by atoms with Gasteiger partial charge in [0.1, 0.15) is 19.0 Å². The van der Waals surface area contributed by atoms with Gasteiger partial charge in [-0.25, -0.2) is 15.8 Å². The normalized spacial score (nSPS) is 11.5. The van der Waals surface area contributed by atoms with Crippen molar-refractivity contribution in [3.63, 3.8) is 0 Å². The highest BCUT2D eigenvalue weighted by molar-refractivity contribution is 5.30. The summed E-state index contributed by atoms with van der Waals surface area (Å²) >= 11 is 0. The first-order chi connectivity index (χ1) is 7.01. The zero-order valence-electron chi connectivity index (χ0n) is 7.58. The Balaban J connectivity index is 2.44. The van der Waals surface area contributed by atoms with Crippen LogP contribution in [0.25, 0.3) is 0 Å². The molecule has 84 valence electrons. The van der Waals surface area contributed by atoms with Gasteiger partial charge in [0.25, 0.3) is 0 Å². The van der Waals surface area contributed by atoms with Crippen LogP contribution in [-0.4, -0.2) is 22.8 Å². The molecule has 0 spiro atoms. The van der Waals surface area contributed by atoms with Gasteiger partial charge in [0, 0.05) is 12.3 Å². The van der Waals surface area contributed by atoms with E-state index in [0.717, 1.165) is 0 Å². The van der Waals surface area contributed by atoms with E-state index in [1.165, 1.54) is 12.3 Å². The molecule has 0 unspecified atom stereocenters. The van der Waals surface area contributed by atoms with Crippen LogP contribution in [0.5, 0.6) is 0 Å². The maximum Gasteiger partial charge on any atom is 0.411 e. The Morgan fingerprint density at radius 1 is 1.47 bits per heavy atom. The molecule has 0 aliphatic heterocycles. The van der Waals surface area contributed by atoms with Crippen LogP contribution in [0.4, 0.5) is 19.0 Å². The average molecular weight is 222 g/mol. The molecule has 0 fully saturated rings. The van der Waals surface area contributed by atoms with Crippen molar-refractivity contribution in [2.75, 3.05) is 12.0 Å². The number of aromatic nitrogens is 2. The van der Waals surface area contributed by atoms with E-state index in [0.29, 0.717) is 5.82 Å². The molecule has 0 amide bonds. The summed E-state index contributed by atoms with van der Waals surface area (Å²) in [5.74, 6) is 5.50. The molecule has 0 saturated heterocycles. The minimum absolute atomic E-state index is 0.134. The summed E-state index contributed by atoms with van der Waals surface area (Å²) in [4.78, 5) is 7.48. The second-order valence-electron chi connectivity index (χ2n) is 2.61. The maximum absolute atomic E-state index is 11.7. The minimum atomic E-state index is -4.34. The summed E-state index contributed by atoms with van der Waals surface area (Å²) in [5, 5.41) is 0. The van der Waals surface area contributed by atoms with E-state index >= 15 is 0 Å². The number of ether oxygens (including phenoxy) is 1. The Morgan fingerprint density at radius 3 is 2.80 bits per heavy atom. The zero-order valence-corrected chi connectivity index (χ0v) is 7.58. The van der Waals surface area contributed by atoms with Crippen molar-refractivity contribution in [2.45, 2.75) is 12.8 Å². The van der Waals surface area contributed by atoms with Gasteiger partial charge in [-0.05, 0) is 0 Å².